The standard InChI is InChI=1S/C23H21NS2/c1-18-13-15-22(16-14-18)26-23(24-20-9-5-3-6-10-20)19(2)17-25-21-11-7-4-8-12-21/h3-17H,1-2H3/b19-17+,24-23+. The van der Waals surface area contributed by atoms with Gasteiger partial charge in [-0.3, -0.25) is 0 Å². The first-order chi connectivity index (χ1) is 12.7. The maximum absolute atomic E-state index is 4.89. The summed E-state index contributed by atoms with van der Waals surface area (Å²) in [4.78, 5) is 7.31. The van der Waals surface area contributed by atoms with Crippen molar-refractivity contribution in [1.82, 2.24) is 0 Å². The molecule has 3 heteroatoms. The molecule has 26 heavy (non-hydrogen) atoms. The number of aliphatic imine (C=N–C) groups is 1. The largest absolute Gasteiger partial charge is 0.241 e. The van der Waals surface area contributed by atoms with Gasteiger partial charge in [-0.1, -0.05) is 77.6 Å². The summed E-state index contributed by atoms with van der Waals surface area (Å²) in [7, 11) is 0. The van der Waals surface area contributed by atoms with Crippen LogP contribution >= 0.6 is 23.5 Å². The molecule has 0 heterocycles. The van der Waals surface area contributed by atoms with Crippen LogP contribution in [0.15, 0.2) is 111 Å². The molecule has 0 aliphatic heterocycles. The fourth-order valence-electron chi connectivity index (χ4n) is 2.24. The van der Waals surface area contributed by atoms with Crippen LogP contribution in [0.4, 0.5) is 5.69 Å². The van der Waals surface area contributed by atoms with Crippen LogP contribution in [0.25, 0.3) is 0 Å². The Kier molecular flexibility index (Phi) is 6.75. The van der Waals surface area contributed by atoms with Crippen LogP contribution in [0, 0.1) is 6.92 Å². The fourth-order valence-corrected chi connectivity index (χ4v) is 3.91. The summed E-state index contributed by atoms with van der Waals surface area (Å²) in [6.45, 7) is 4.23. The number of rotatable bonds is 5. The second kappa shape index (κ2) is 9.46. The number of thioether (sulfide) groups is 2. The third-order valence-corrected chi connectivity index (χ3v) is 5.80. The molecule has 0 saturated carbocycles. The van der Waals surface area contributed by atoms with Crippen LogP contribution in [-0.4, -0.2) is 5.04 Å². The van der Waals surface area contributed by atoms with Crippen LogP contribution < -0.4 is 0 Å². The van der Waals surface area contributed by atoms with Crippen LogP contribution in [0.1, 0.15) is 12.5 Å². The normalized spacial score (nSPS) is 12.2. The van der Waals surface area contributed by atoms with E-state index in [-0.39, 0.29) is 0 Å². The van der Waals surface area contributed by atoms with Crippen molar-refractivity contribution < 1.29 is 0 Å². The molecule has 0 aliphatic carbocycles. The molecule has 0 N–H and O–H groups in total. The summed E-state index contributed by atoms with van der Waals surface area (Å²) in [5.74, 6) is 0. The van der Waals surface area contributed by atoms with Crippen molar-refractivity contribution in [1.29, 1.82) is 0 Å². The van der Waals surface area contributed by atoms with Gasteiger partial charge >= 0.3 is 0 Å². The van der Waals surface area contributed by atoms with Crippen molar-refractivity contribution in [3.63, 3.8) is 0 Å². The number of aryl methyl sites for hydroxylation is 1. The van der Waals surface area contributed by atoms with Gasteiger partial charge in [-0.05, 0) is 61.2 Å². The highest BCUT2D eigenvalue weighted by Gasteiger charge is 2.07. The number of hydrogen-bond donors (Lipinski definition) is 0. The van der Waals surface area contributed by atoms with E-state index in [4.69, 9.17) is 4.99 Å². The van der Waals surface area contributed by atoms with E-state index in [0.29, 0.717) is 0 Å². The van der Waals surface area contributed by atoms with Gasteiger partial charge in [0.1, 0.15) is 5.04 Å². The van der Waals surface area contributed by atoms with Crippen LogP contribution in [-0.2, 0) is 0 Å². The first-order valence-corrected chi connectivity index (χ1v) is 10.2. The molecule has 0 atom stereocenters. The number of benzene rings is 3. The zero-order valence-corrected chi connectivity index (χ0v) is 16.6. The molecule has 0 fully saturated rings. The smallest absolute Gasteiger partial charge is 0.105 e. The zero-order chi connectivity index (χ0) is 18.2. The minimum absolute atomic E-state index is 0.972. The molecule has 130 valence electrons. The molecule has 0 unspecified atom stereocenters. The summed E-state index contributed by atoms with van der Waals surface area (Å²) in [6, 6.07) is 29.1. The molecule has 0 spiro atoms. The van der Waals surface area contributed by atoms with Gasteiger partial charge in [0.25, 0.3) is 0 Å². The van der Waals surface area contributed by atoms with Crippen LogP contribution in [0.2, 0.25) is 0 Å². The van der Waals surface area contributed by atoms with E-state index in [9.17, 15) is 0 Å². The van der Waals surface area contributed by atoms with Crippen molar-refractivity contribution in [3.8, 4) is 0 Å². The minimum Gasteiger partial charge on any atom is -0.241 e. The van der Waals surface area contributed by atoms with Gasteiger partial charge in [0, 0.05) is 9.79 Å². The molecule has 0 bridgehead atoms. The third kappa shape index (κ3) is 5.65. The average Bonchev–Trinajstić information content (AvgIpc) is 2.69. The van der Waals surface area contributed by atoms with Crippen molar-refractivity contribution in [2.24, 2.45) is 4.99 Å². The molecule has 0 saturated heterocycles. The Labute approximate surface area is 164 Å². The second-order valence-electron chi connectivity index (χ2n) is 5.90. The highest BCUT2D eigenvalue weighted by Crippen LogP contribution is 2.29. The Bertz CT molecular complexity index is 883. The van der Waals surface area contributed by atoms with Crippen molar-refractivity contribution in [2.45, 2.75) is 23.6 Å². The molecule has 0 aliphatic rings. The molecule has 3 aromatic rings. The molecule has 0 aromatic heterocycles. The van der Waals surface area contributed by atoms with Gasteiger partial charge in [-0.15, -0.1) is 0 Å². The quantitative estimate of drug-likeness (QED) is 0.260. The third-order valence-electron chi connectivity index (χ3n) is 3.67. The summed E-state index contributed by atoms with van der Waals surface area (Å²) >= 11 is 3.43. The molecule has 3 rings (SSSR count). The average molecular weight is 376 g/mol. The lowest BCUT2D eigenvalue weighted by Crippen LogP contribution is -1.94. The van der Waals surface area contributed by atoms with Gasteiger partial charge in [0.05, 0.1) is 5.69 Å². The lowest BCUT2D eigenvalue weighted by molar-refractivity contribution is 1.38. The molecular formula is C23H21NS2. The molecule has 0 amide bonds. The van der Waals surface area contributed by atoms with E-state index in [2.05, 4.69) is 67.8 Å². The topological polar surface area (TPSA) is 12.4 Å². The van der Waals surface area contributed by atoms with E-state index in [1.807, 2.05) is 36.4 Å². The Hall–Kier alpha value is -2.23. The molecule has 3 aromatic carbocycles. The van der Waals surface area contributed by atoms with E-state index < -0.39 is 0 Å². The monoisotopic (exact) mass is 375 g/mol. The predicted molar refractivity (Wildman–Crippen MR) is 117 cm³/mol. The van der Waals surface area contributed by atoms with Crippen molar-refractivity contribution in [3.05, 3.63) is 101 Å². The summed E-state index contributed by atoms with van der Waals surface area (Å²) in [6.07, 6.45) is 0. The predicted octanol–water partition coefficient (Wildman–Crippen LogP) is 7.51. The van der Waals surface area contributed by atoms with E-state index in [1.165, 1.54) is 15.4 Å². The van der Waals surface area contributed by atoms with Gasteiger partial charge in [-0.25, -0.2) is 4.99 Å². The Morgan fingerprint density at radius 3 is 2.04 bits per heavy atom. The van der Waals surface area contributed by atoms with E-state index >= 15 is 0 Å². The maximum atomic E-state index is 4.89. The zero-order valence-electron chi connectivity index (χ0n) is 14.9. The first kappa shape index (κ1) is 18.6. The molecule has 0 radical (unpaired) electrons. The maximum Gasteiger partial charge on any atom is 0.105 e. The van der Waals surface area contributed by atoms with E-state index in [1.54, 1.807) is 23.5 Å². The SMILES string of the molecule is CC(=C\Sc1ccccc1)/C(=N\c1ccccc1)Sc1ccc(C)cc1. The van der Waals surface area contributed by atoms with Gasteiger partial charge in [0.2, 0.25) is 0 Å². The van der Waals surface area contributed by atoms with E-state index in [0.717, 1.165) is 16.3 Å². The molecular weight excluding hydrogens is 354 g/mol. The van der Waals surface area contributed by atoms with Crippen molar-refractivity contribution in [2.75, 3.05) is 0 Å². The summed E-state index contributed by atoms with van der Waals surface area (Å²) < 4.78 is 0. The summed E-state index contributed by atoms with van der Waals surface area (Å²) in [5, 5.41) is 3.20. The number of hydrogen-bond acceptors (Lipinski definition) is 3. The number of para-hydroxylation sites is 1. The highest BCUT2D eigenvalue weighted by atomic mass is 32.2. The molecule has 1 nitrogen and oxygen atoms in total. The van der Waals surface area contributed by atoms with Crippen LogP contribution in [0.3, 0.4) is 0 Å². The Morgan fingerprint density at radius 1 is 0.769 bits per heavy atom. The minimum atomic E-state index is 0.972. The van der Waals surface area contributed by atoms with Gasteiger partial charge in [0.15, 0.2) is 0 Å². The Balaban J connectivity index is 1.86. The highest BCUT2D eigenvalue weighted by molar-refractivity contribution is 8.14. The first-order valence-electron chi connectivity index (χ1n) is 8.48. The fraction of sp³-hybridized carbons (Fsp3) is 0.0870. The van der Waals surface area contributed by atoms with Crippen molar-refractivity contribution >= 4 is 34.3 Å². The number of nitrogens with zero attached hydrogens (tertiary/aromatic N) is 1. The van der Waals surface area contributed by atoms with Crippen LogP contribution in [0.5, 0.6) is 0 Å². The summed E-state index contributed by atoms with van der Waals surface area (Å²) in [5.41, 5.74) is 3.40. The van der Waals surface area contributed by atoms with Gasteiger partial charge in [-0.2, -0.15) is 0 Å². The lowest BCUT2D eigenvalue weighted by Gasteiger charge is -2.08. The lowest BCUT2D eigenvalue weighted by atomic mass is 10.2. The van der Waals surface area contributed by atoms with Gasteiger partial charge < -0.3 is 0 Å². The Morgan fingerprint density at radius 2 is 1.38 bits per heavy atom. The second-order valence-corrected chi connectivity index (χ2v) is 7.90.